The highest BCUT2D eigenvalue weighted by atomic mass is 31.2. The zero-order valence-corrected chi connectivity index (χ0v) is 12.2. The molecule has 7 heteroatoms. The van der Waals surface area contributed by atoms with Gasteiger partial charge in [-0.15, -0.1) is 0 Å². The molecular formula is C15H12NO5P. The van der Waals surface area contributed by atoms with Gasteiger partial charge in [-0.25, -0.2) is 4.57 Å². The van der Waals surface area contributed by atoms with Crippen molar-refractivity contribution in [3.63, 3.8) is 0 Å². The fourth-order valence-electron chi connectivity index (χ4n) is 2.37. The second-order valence-corrected chi connectivity index (χ2v) is 6.00. The minimum Gasteiger partial charge on any atom is -0.403 e. The van der Waals surface area contributed by atoms with E-state index in [1.54, 1.807) is 0 Å². The molecule has 22 heavy (non-hydrogen) atoms. The van der Waals surface area contributed by atoms with Crippen molar-refractivity contribution >= 4 is 35.3 Å². The topological polar surface area (TPSA) is 110 Å². The lowest BCUT2D eigenvalue weighted by atomic mass is 10.0. The summed E-state index contributed by atoms with van der Waals surface area (Å²) in [7, 11) is -4.79. The number of fused-ring (bicyclic) bond motifs is 2. The van der Waals surface area contributed by atoms with E-state index in [4.69, 9.17) is 15.5 Å². The molecule has 0 unspecified atom stereocenters. The van der Waals surface area contributed by atoms with Crippen molar-refractivity contribution in [3.05, 3.63) is 54.1 Å². The second kappa shape index (κ2) is 5.10. The summed E-state index contributed by atoms with van der Waals surface area (Å²) >= 11 is 0. The molecule has 0 spiro atoms. The number of rotatable bonds is 3. The van der Waals surface area contributed by atoms with Crippen LogP contribution in [0.4, 0.5) is 0 Å². The maximum Gasteiger partial charge on any atom is 0.524 e. The van der Waals surface area contributed by atoms with Gasteiger partial charge in [0.1, 0.15) is 5.75 Å². The normalized spacial score (nSPS) is 11.7. The Kier molecular flexibility index (Phi) is 3.37. The predicted molar refractivity (Wildman–Crippen MR) is 82.6 cm³/mol. The molecule has 0 heterocycles. The molecule has 0 aliphatic rings. The monoisotopic (exact) mass is 317 g/mol. The van der Waals surface area contributed by atoms with Gasteiger partial charge in [0.05, 0.1) is 5.56 Å². The van der Waals surface area contributed by atoms with Gasteiger partial charge < -0.3 is 10.3 Å². The van der Waals surface area contributed by atoms with E-state index in [1.807, 2.05) is 36.4 Å². The zero-order valence-electron chi connectivity index (χ0n) is 11.3. The van der Waals surface area contributed by atoms with E-state index in [9.17, 15) is 9.36 Å². The van der Waals surface area contributed by atoms with Gasteiger partial charge in [0, 0.05) is 0 Å². The molecule has 4 N–H and O–H groups in total. The van der Waals surface area contributed by atoms with E-state index >= 15 is 0 Å². The number of hydrogen-bond acceptors (Lipinski definition) is 3. The number of hydrogen-bond donors (Lipinski definition) is 3. The van der Waals surface area contributed by atoms with E-state index in [0.717, 1.165) is 16.2 Å². The Labute approximate surface area is 125 Å². The number of carbonyl (C=O) groups is 1. The molecule has 0 bridgehead atoms. The maximum absolute atomic E-state index is 11.5. The van der Waals surface area contributed by atoms with Crippen molar-refractivity contribution in [2.24, 2.45) is 5.73 Å². The number of phosphoric acid groups is 1. The average molecular weight is 317 g/mol. The standard InChI is InChI=1S/C15H12NO5P/c16-15(17)13-7-11-5-9-3-1-2-4-10(9)6-12(11)8-14(13)21-22(18,19)20/h1-8H,(H2,16,17)(H2,18,19,20). The third-order valence-electron chi connectivity index (χ3n) is 3.29. The highest BCUT2D eigenvalue weighted by Gasteiger charge is 2.21. The number of carbonyl (C=O) groups excluding carboxylic acids is 1. The summed E-state index contributed by atoms with van der Waals surface area (Å²) < 4.78 is 15.6. The molecule has 0 atom stereocenters. The molecule has 1 amide bonds. The second-order valence-electron chi connectivity index (χ2n) is 4.84. The van der Waals surface area contributed by atoms with Gasteiger partial charge in [-0.3, -0.25) is 14.6 Å². The number of benzene rings is 3. The van der Waals surface area contributed by atoms with Crippen molar-refractivity contribution < 1.29 is 23.7 Å². The van der Waals surface area contributed by atoms with Crippen LogP contribution in [0, 0.1) is 0 Å². The molecule has 0 saturated heterocycles. The van der Waals surface area contributed by atoms with Crippen LogP contribution in [0.2, 0.25) is 0 Å². The van der Waals surface area contributed by atoms with Crippen molar-refractivity contribution in [2.75, 3.05) is 0 Å². The van der Waals surface area contributed by atoms with Gasteiger partial charge >= 0.3 is 7.82 Å². The van der Waals surface area contributed by atoms with Crippen LogP contribution >= 0.6 is 7.82 Å². The van der Waals surface area contributed by atoms with E-state index in [0.29, 0.717) is 5.39 Å². The Hall–Kier alpha value is -2.40. The first-order valence-electron chi connectivity index (χ1n) is 6.35. The van der Waals surface area contributed by atoms with Gasteiger partial charge in [-0.2, -0.15) is 0 Å². The summed E-state index contributed by atoms with van der Waals surface area (Å²) in [6, 6.07) is 14.2. The molecule has 3 aromatic carbocycles. The summed E-state index contributed by atoms with van der Waals surface area (Å²) in [6.07, 6.45) is 0. The lowest BCUT2D eigenvalue weighted by Gasteiger charge is -2.12. The summed E-state index contributed by atoms with van der Waals surface area (Å²) in [5.41, 5.74) is 5.19. The number of primary amides is 1. The van der Waals surface area contributed by atoms with Crippen LogP contribution in [0.5, 0.6) is 5.75 Å². The van der Waals surface area contributed by atoms with Crippen molar-refractivity contribution in [3.8, 4) is 5.75 Å². The Morgan fingerprint density at radius 1 is 0.955 bits per heavy atom. The fraction of sp³-hybridized carbons (Fsp3) is 0. The highest BCUT2D eigenvalue weighted by molar-refractivity contribution is 7.46. The Balaban J connectivity index is 2.30. The zero-order chi connectivity index (χ0) is 15.9. The van der Waals surface area contributed by atoms with Crippen LogP contribution in [0.1, 0.15) is 10.4 Å². The molecule has 112 valence electrons. The first-order valence-corrected chi connectivity index (χ1v) is 7.88. The molecule has 0 saturated carbocycles. The Bertz CT molecular complexity index is 947. The predicted octanol–water partition coefficient (Wildman–Crippen LogP) is 2.56. The lowest BCUT2D eigenvalue weighted by molar-refractivity contribution is 0.0998. The van der Waals surface area contributed by atoms with Gasteiger partial charge in [0.25, 0.3) is 5.91 Å². The minimum atomic E-state index is -4.79. The first-order chi connectivity index (χ1) is 10.3. The molecule has 0 radical (unpaired) electrons. The van der Waals surface area contributed by atoms with Crippen LogP contribution in [0.3, 0.4) is 0 Å². The molecule has 3 rings (SSSR count). The quantitative estimate of drug-likeness (QED) is 0.508. The van der Waals surface area contributed by atoms with Gasteiger partial charge in [0.15, 0.2) is 0 Å². The molecular weight excluding hydrogens is 305 g/mol. The van der Waals surface area contributed by atoms with Crippen LogP contribution in [0.15, 0.2) is 48.5 Å². The molecule has 0 aliphatic carbocycles. The van der Waals surface area contributed by atoms with Crippen molar-refractivity contribution in [1.29, 1.82) is 0 Å². The van der Waals surface area contributed by atoms with Crippen LogP contribution in [-0.2, 0) is 4.57 Å². The van der Waals surface area contributed by atoms with E-state index in [1.165, 1.54) is 12.1 Å². The Morgan fingerprint density at radius 2 is 1.50 bits per heavy atom. The Morgan fingerprint density at radius 3 is 2.00 bits per heavy atom. The molecule has 0 aromatic heterocycles. The van der Waals surface area contributed by atoms with Crippen molar-refractivity contribution in [2.45, 2.75) is 0 Å². The average Bonchev–Trinajstić information content (AvgIpc) is 2.42. The van der Waals surface area contributed by atoms with Gasteiger partial charge in [-0.1, -0.05) is 24.3 Å². The van der Waals surface area contributed by atoms with Crippen molar-refractivity contribution in [1.82, 2.24) is 0 Å². The van der Waals surface area contributed by atoms with Crippen LogP contribution in [0.25, 0.3) is 21.5 Å². The number of phosphoric ester groups is 1. The van der Waals surface area contributed by atoms with Crippen LogP contribution < -0.4 is 10.3 Å². The summed E-state index contributed by atoms with van der Waals surface area (Å²) in [5, 5.41) is 3.36. The molecule has 6 nitrogen and oxygen atoms in total. The SMILES string of the molecule is NC(=O)c1cc2cc3ccccc3cc2cc1OP(=O)(O)O. The molecule has 0 fully saturated rings. The molecule has 0 aliphatic heterocycles. The lowest BCUT2D eigenvalue weighted by Crippen LogP contribution is -2.12. The smallest absolute Gasteiger partial charge is 0.403 e. The third-order valence-corrected chi connectivity index (χ3v) is 3.72. The number of nitrogens with two attached hydrogens (primary N) is 1. The first kappa shape index (κ1) is 14.5. The van der Waals surface area contributed by atoms with Gasteiger partial charge in [-0.05, 0) is 45.8 Å². The largest absolute Gasteiger partial charge is 0.524 e. The third kappa shape index (κ3) is 2.80. The summed E-state index contributed by atoms with van der Waals surface area (Å²) in [6.45, 7) is 0. The van der Waals surface area contributed by atoms with E-state index < -0.39 is 13.7 Å². The minimum absolute atomic E-state index is 0.0777. The van der Waals surface area contributed by atoms with E-state index in [2.05, 4.69) is 4.52 Å². The molecule has 3 aromatic rings. The summed E-state index contributed by atoms with van der Waals surface area (Å²) in [4.78, 5) is 29.4. The highest BCUT2D eigenvalue weighted by Crippen LogP contribution is 2.40. The fourth-order valence-corrected chi connectivity index (χ4v) is 2.77. The number of amides is 1. The van der Waals surface area contributed by atoms with Gasteiger partial charge in [0.2, 0.25) is 0 Å². The maximum atomic E-state index is 11.5. The van der Waals surface area contributed by atoms with E-state index in [-0.39, 0.29) is 11.3 Å². The van der Waals surface area contributed by atoms with Crippen LogP contribution in [-0.4, -0.2) is 15.7 Å². The summed E-state index contributed by atoms with van der Waals surface area (Å²) in [5.74, 6) is -1.05.